The summed E-state index contributed by atoms with van der Waals surface area (Å²) in [6, 6.07) is 8.11. The molecule has 8 nitrogen and oxygen atoms in total. The number of hydrogen-bond acceptors (Lipinski definition) is 4. The van der Waals surface area contributed by atoms with E-state index >= 15 is 0 Å². The van der Waals surface area contributed by atoms with Crippen LogP contribution in [0.4, 0.5) is 17.6 Å². The largest absolute Gasteiger partial charge is 0.435 e. The van der Waals surface area contributed by atoms with Gasteiger partial charge in [-0.05, 0) is 37.8 Å². The number of rotatable bonds is 9. The molecule has 1 heterocycles. The topological polar surface area (TPSA) is 105 Å². The van der Waals surface area contributed by atoms with E-state index in [0.29, 0.717) is 31.4 Å². The minimum Gasteiger partial charge on any atom is -0.354 e. The van der Waals surface area contributed by atoms with Crippen LogP contribution in [0.3, 0.4) is 0 Å². The third-order valence-corrected chi connectivity index (χ3v) is 5.82. The van der Waals surface area contributed by atoms with Crippen LogP contribution in [0.1, 0.15) is 41.7 Å². The van der Waals surface area contributed by atoms with E-state index in [-0.39, 0.29) is 43.3 Å². The molecule has 2 aromatic rings. The summed E-state index contributed by atoms with van der Waals surface area (Å²) in [4.78, 5) is 36.7. The monoisotopic (exact) mass is 497 g/mol. The van der Waals surface area contributed by atoms with Gasteiger partial charge in [-0.1, -0.05) is 18.2 Å². The lowest BCUT2D eigenvalue weighted by molar-refractivity contribution is -0.141. The average molecular weight is 497 g/mol. The molecule has 0 aliphatic heterocycles. The van der Waals surface area contributed by atoms with Gasteiger partial charge >= 0.3 is 6.18 Å². The standard InChI is InChI=1S/C23H27F4N5O3/c24-10-11-28-20(33)15-6-8-16(9-7-15)21(34)29-12-13-30-22(35)18-14-32(17-4-2-1-3-5-17)31-19(18)23(25,26)27/h1-5,14-16H,6-13H2,(H,28,33)(H,29,34)(H,30,35)/t15-,16-. The van der Waals surface area contributed by atoms with E-state index in [1.807, 2.05) is 0 Å². The van der Waals surface area contributed by atoms with E-state index in [1.165, 1.54) is 0 Å². The van der Waals surface area contributed by atoms with Crippen LogP contribution in [0.15, 0.2) is 36.5 Å². The summed E-state index contributed by atoms with van der Waals surface area (Å²) in [5, 5.41) is 11.1. The van der Waals surface area contributed by atoms with Crippen LogP contribution >= 0.6 is 0 Å². The summed E-state index contributed by atoms with van der Waals surface area (Å²) in [6.07, 6.45) is -1.77. The fraction of sp³-hybridized carbons (Fsp3) is 0.478. The first-order valence-electron chi connectivity index (χ1n) is 11.3. The molecule has 1 aromatic carbocycles. The molecule has 1 aliphatic rings. The molecule has 3 rings (SSSR count). The molecule has 0 bridgehead atoms. The number of aromatic nitrogens is 2. The Morgan fingerprint density at radius 1 is 0.886 bits per heavy atom. The Kier molecular flexibility index (Phi) is 8.83. The Hall–Kier alpha value is -3.44. The predicted molar refractivity (Wildman–Crippen MR) is 118 cm³/mol. The van der Waals surface area contributed by atoms with Crippen molar-refractivity contribution in [2.45, 2.75) is 31.9 Å². The molecule has 0 saturated heterocycles. The van der Waals surface area contributed by atoms with Gasteiger partial charge in [-0.2, -0.15) is 18.3 Å². The fourth-order valence-electron chi connectivity index (χ4n) is 4.00. The second-order valence-electron chi connectivity index (χ2n) is 8.24. The summed E-state index contributed by atoms with van der Waals surface area (Å²) in [6.45, 7) is -0.690. The number of nitrogens with one attached hydrogen (secondary N) is 3. The molecule has 1 aromatic heterocycles. The van der Waals surface area contributed by atoms with E-state index < -0.39 is 30.0 Å². The minimum absolute atomic E-state index is 0.0253. The summed E-state index contributed by atoms with van der Waals surface area (Å²) < 4.78 is 53.4. The van der Waals surface area contributed by atoms with Gasteiger partial charge < -0.3 is 16.0 Å². The van der Waals surface area contributed by atoms with Crippen LogP contribution in [0.25, 0.3) is 5.69 Å². The lowest BCUT2D eigenvalue weighted by Gasteiger charge is -2.27. The first kappa shape index (κ1) is 26.2. The zero-order chi connectivity index (χ0) is 25.4. The van der Waals surface area contributed by atoms with Crippen molar-refractivity contribution < 1.29 is 31.9 Å². The Balaban J connectivity index is 1.48. The zero-order valence-corrected chi connectivity index (χ0v) is 18.9. The van der Waals surface area contributed by atoms with Crippen molar-refractivity contribution in [3.63, 3.8) is 0 Å². The Bertz CT molecular complexity index is 1020. The first-order valence-corrected chi connectivity index (χ1v) is 11.3. The van der Waals surface area contributed by atoms with Gasteiger partial charge in [0.15, 0.2) is 5.69 Å². The Labute approximate surface area is 199 Å². The molecule has 0 unspecified atom stereocenters. The molecule has 0 radical (unpaired) electrons. The number of para-hydroxylation sites is 1. The minimum atomic E-state index is -4.82. The molecular weight excluding hydrogens is 470 g/mol. The van der Waals surface area contributed by atoms with Gasteiger partial charge in [0, 0.05) is 37.7 Å². The normalized spacial score (nSPS) is 18.1. The number of amides is 3. The second-order valence-corrected chi connectivity index (χ2v) is 8.24. The van der Waals surface area contributed by atoms with Gasteiger partial charge in [-0.25, -0.2) is 9.07 Å². The van der Waals surface area contributed by atoms with Crippen LogP contribution in [0.5, 0.6) is 0 Å². The van der Waals surface area contributed by atoms with Crippen molar-refractivity contribution in [2.24, 2.45) is 11.8 Å². The zero-order valence-electron chi connectivity index (χ0n) is 18.9. The van der Waals surface area contributed by atoms with Crippen molar-refractivity contribution in [3.8, 4) is 5.69 Å². The van der Waals surface area contributed by atoms with Crippen molar-refractivity contribution >= 4 is 17.7 Å². The molecule has 1 fully saturated rings. The molecule has 12 heteroatoms. The number of carbonyl (C=O) groups excluding carboxylic acids is 3. The highest BCUT2D eigenvalue weighted by atomic mass is 19.4. The SMILES string of the molecule is O=C(NCCNC(=O)[C@H]1CC[C@H](C(=O)NCCF)CC1)c1cn(-c2ccccc2)nc1C(F)(F)F. The molecule has 0 atom stereocenters. The van der Waals surface area contributed by atoms with E-state index in [1.54, 1.807) is 30.3 Å². The van der Waals surface area contributed by atoms with Gasteiger partial charge in [0.2, 0.25) is 11.8 Å². The van der Waals surface area contributed by atoms with Crippen molar-refractivity contribution in [1.82, 2.24) is 25.7 Å². The summed E-state index contributed by atoms with van der Waals surface area (Å²) in [7, 11) is 0. The summed E-state index contributed by atoms with van der Waals surface area (Å²) >= 11 is 0. The van der Waals surface area contributed by atoms with Gasteiger partial charge in [-0.3, -0.25) is 14.4 Å². The van der Waals surface area contributed by atoms with Crippen molar-refractivity contribution in [2.75, 3.05) is 26.3 Å². The van der Waals surface area contributed by atoms with Crippen LogP contribution in [0, 0.1) is 11.8 Å². The highest BCUT2D eigenvalue weighted by molar-refractivity contribution is 5.95. The average Bonchev–Trinajstić information content (AvgIpc) is 3.32. The molecule has 1 aliphatic carbocycles. The number of benzene rings is 1. The molecule has 190 valence electrons. The van der Waals surface area contributed by atoms with Crippen LogP contribution in [0.2, 0.25) is 0 Å². The van der Waals surface area contributed by atoms with Crippen molar-refractivity contribution in [3.05, 3.63) is 47.8 Å². The number of nitrogens with zero attached hydrogens (tertiary/aromatic N) is 2. The van der Waals surface area contributed by atoms with Gasteiger partial charge in [0.1, 0.15) is 6.67 Å². The number of hydrogen-bond donors (Lipinski definition) is 3. The maximum atomic E-state index is 13.4. The van der Waals surface area contributed by atoms with E-state index in [0.717, 1.165) is 10.9 Å². The van der Waals surface area contributed by atoms with Crippen LogP contribution in [-0.4, -0.2) is 53.8 Å². The summed E-state index contributed by atoms with van der Waals surface area (Å²) in [5.74, 6) is -1.94. The van der Waals surface area contributed by atoms with Crippen LogP contribution < -0.4 is 16.0 Å². The maximum Gasteiger partial charge on any atom is 0.435 e. The molecule has 3 N–H and O–H groups in total. The van der Waals surface area contributed by atoms with Gasteiger partial charge in [0.25, 0.3) is 5.91 Å². The van der Waals surface area contributed by atoms with E-state index in [4.69, 9.17) is 0 Å². The third kappa shape index (κ3) is 7.03. The molecule has 0 spiro atoms. The Morgan fingerprint density at radius 3 is 1.97 bits per heavy atom. The van der Waals surface area contributed by atoms with E-state index in [2.05, 4.69) is 21.0 Å². The number of carbonyl (C=O) groups is 3. The lowest BCUT2D eigenvalue weighted by atomic mass is 9.81. The predicted octanol–water partition coefficient (Wildman–Crippen LogP) is 2.63. The third-order valence-electron chi connectivity index (χ3n) is 5.82. The van der Waals surface area contributed by atoms with Gasteiger partial charge in [-0.15, -0.1) is 0 Å². The molecule has 3 amide bonds. The smallest absolute Gasteiger partial charge is 0.354 e. The summed E-state index contributed by atoms with van der Waals surface area (Å²) in [5.41, 5.74) is -1.54. The van der Waals surface area contributed by atoms with Crippen LogP contribution in [-0.2, 0) is 15.8 Å². The lowest BCUT2D eigenvalue weighted by Crippen LogP contribution is -2.40. The number of alkyl halides is 4. The quantitative estimate of drug-likeness (QED) is 0.366. The Morgan fingerprint density at radius 2 is 1.43 bits per heavy atom. The molecule has 1 saturated carbocycles. The highest BCUT2D eigenvalue weighted by Gasteiger charge is 2.39. The number of halogens is 4. The maximum absolute atomic E-state index is 13.4. The van der Waals surface area contributed by atoms with Gasteiger partial charge in [0.05, 0.1) is 11.3 Å². The second kappa shape index (κ2) is 11.8. The first-order chi connectivity index (χ1) is 16.7. The van der Waals surface area contributed by atoms with Crippen molar-refractivity contribution in [1.29, 1.82) is 0 Å². The molecule has 35 heavy (non-hydrogen) atoms. The fourth-order valence-corrected chi connectivity index (χ4v) is 4.00. The van der Waals surface area contributed by atoms with E-state index in [9.17, 15) is 31.9 Å². The molecular formula is C23H27F4N5O3. The highest BCUT2D eigenvalue weighted by Crippen LogP contribution is 2.31.